The van der Waals surface area contributed by atoms with Crippen LogP contribution in [-0.2, 0) is 12.2 Å². The highest BCUT2D eigenvalue weighted by Gasteiger charge is 2.09. The lowest BCUT2D eigenvalue weighted by atomic mass is 10.0. The molecule has 0 aliphatic rings. The molecule has 0 aromatic heterocycles. The second-order valence-electron chi connectivity index (χ2n) is 6.61. The van der Waals surface area contributed by atoms with Gasteiger partial charge < -0.3 is 5.11 Å². The summed E-state index contributed by atoms with van der Waals surface area (Å²) >= 11 is 4.01. The molecule has 0 radical (unpaired) electrons. The largest absolute Gasteiger partial charge is 0.507 e. The van der Waals surface area contributed by atoms with Crippen molar-refractivity contribution in [2.75, 3.05) is 17.3 Å². The highest BCUT2D eigenvalue weighted by Crippen LogP contribution is 2.29. The molecule has 0 spiro atoms. The van der Waals surface area contributed by atoms with Crippen molar-refractivity contribution < 1.29 is 5.11 Å². The summed E-state index contributed by atoms with van der Waals surface area (Å²) in [6, 6.07) is 4.33. The molecule has 24 heavy (non-hydrogen) atoms. The second-order valence-corrected chi connectivity index (χ2v) is 8.94. The summed E-state index contributed by atoms with van der Waals surface area (Å²) in [6.45, 7) is 6.64. The zero-order valence-electron chi connectivity index (χ0n) is 15.9. The number of phenolic OH excluding ortho intramolecular Hbond substituents is 1. The highest BCUT2D eigenvalue weighted by atomic mass is 32.2. The zero-order chi connectivity index (χ0) is 17.6. The van der Waals surface area contributed by atoms with Gasteiger partial charge in [-0.1, -0.05) is 57.2 Å². The van der Waals surface area contributed by atoms with E-state index in [2.05, 4.69) is 32.9 Å². The van der Waals surface area contributed by atoms with E-state index in [1.165, 1.54) is 61.3 Å². The smallest absolute Gasteiger partial charge is 0.122 e. The first kappa shape index (κ1) is 21.8. The lowest BCUT2D eigenvalue weighted by molar-refractivity contribution is 0.463. The van der Waals surface area contributed by atoms with Crippen LogP contribution in [0.5, 0.6) is 5.75 Å². The molecule has 0 aliphatic heterocycles. The molecule has 1 N–H and O–H groups in total. The van der Waals surface area contributed by atoms with Crippen molar-refractivity contribution in [3.63, 3.8) is 0 Å². The third kappa shape index (κ3) is 9.27. The van der Waals surface area contributed by atoms with Crippen LogP contribution in [0, 0.1) is 6.92 Å². The molecular weight excluding hydrogens is 332 g/mol. The van der Waals surface area contributed by atoms with Gasteiger partial charge in [0.25, 0.3) is 0 Å². The van der Waals surface area contributed by atoms with E-state index in [-0.39, 0.29) is 0 Å². The topological polar surface area (TPSA) is 20.2 Å². The van der Waals surface area contributed by atoms with Gasteiger partial charge in [0.05, 0.1) is 0 Å². The Morgan fingerprint density at radius 3 is 2.21 bits per heavy atom. The molecule has 1 aromatic carbocycles. The third-order valence-corrected chi connectivity index (χ3v) is 6.44. The Bertz CT molecular complexity index is 408. The average molecular weight is 369 g/mol. The highest BCUT2D eigenvalue weighted by molar-refractivity contribution is 7.99. The minimum Gasteiger partial charge on any atom is -0.507 e. The predicted octanol–water partition coefficient (Wildman–Crippen LogP) is 6.98. The Morgan fingerprint density at radius 1 is 0.792 bits per heavy atom. The number of hydrogen-bond donors (Lipinski definition) is 1. The molecule has 1 aromatic rings. The maximum atomic E-state index is 10.6. The first-order valence-corrected chi connectivity index (χ1v) is 12.0. The Balaban J connectivity index is 2.39. The SMILES string of the molecule is CCCCCCSCc1cc(C)cc(CCCSCCCC)c1O. The third-order valence-electron chi connectivity index (χ3n) is 4.19. The monoisotopic (exact) mass is 368 g/mol. The summed E-state index contributed by atoms with van der Waals surface area (Å²) in [6.07, 6.45) is 10.0. The number of unbranched alkanes of at least 4 members (excludes halogenated alkanes) is 4. The van der Waals surface area contributed by atoms with Crippen molar-refractivity contribution in [1.82, 2.24) is 0 Å². The minimum atomic E-state index is 0.556. The summed E-state index contributed by atoms with van der Waals surface area (Å²) < 4.78 is 0. The molecule has 0 unspecified atom stereocenters. The van der Waals surface area contributed by atoms with Gasteiger partial charge in [-0.25, -0.2) is 0 Å². The van der Waals surface area contributed by atoms with Gasteiger partial charge in [0.2, 0.25) is 0 Å². The molecule has 1 nitrogen and oxygen atoms in total. The molecule has 0 fully saturated rings. The minimum absolute atomic E-state index is 0.556. The summed E-state index contributed by atoms with van der Waals surface area (Å²) in [5.74, 6) is 5.18. The van der Waals surface area contributed by atoms with Gasteiger partial charge in [0.1, 0.15) is 5.75 Å². The molecular formula is C21H36OS2. The molecule has 0 atom stereocenters. The molecule has 0 saturated heterocycles. The lowest BCUT2D eigenvalue weighted by Gasteiger charge is -2.12. The van der Waals surface area contributed by atoms with E-state index in [0.717, 1.165) is 29.7 Å². The summed E-state index contributed by atoms with van der Waals surface area (Å²) in [7, 11) is 0. The molecule has 0 aliphatic carbocycles. The van der Waals surface area contributed by atoms with E-state index in [1.54, 1.807) is 0 Å². The number of rotatable bonds is 14. The lowest BCUT2D eigenvalue weighted by Crippen LogP contribution is -1.95. The Hall–Kier alpha value is -0.280. The van der Waals surface area contributed by atoms with Crippen LogP contribution in [-0.4, -0.2) is 22.4 Å². The standard InChI is InChI=1S/C21H36OS2/c1-4-6-8-9-13-24-17-20-16-18(3)15-19(21(20)22)11-10-14-23-12-7-5-2/h15-16,22H,4-14,17H2,1-3H3. The molecule has 1 rings (SSSR count). The average Bonchev–Trinajstić information content (AvgIpc) is 2.57. The predicted molar refractivity (Wildman–Crippen MR) is 114 cm³/mol. The van der Waals surface area contributed by atoms with Crippen LogP contribution in [0.4, 0.5) is 0 Å². The molecule has 0 saturated carbocycles. The van der Waals surface area contributed by atoms with Crippen LogP contribution in [0.1, 0.15) is 75.5 Å². The van der Waals surface area contributed by atoms with Crippen molar-refractivity contribution in [3.05, 3.63) is 28.8 Å². The number of hydrogen-bond acceptors (Lipinski definition) is 3. The van der Waals surface area contributed by atoms with Crippen LogP contribution in [0.25, 0.3) is 0 Å². The van der Waals surface area contributed by atoms with E-state index in [9.17, 15) is 5.11 Å². The van der Waals surface area contributed by atoms with Gasteiger partial charge >= 0.3 is 0 Å². The van der Waals surface area contributed by atoms with Gasteiger partial charge in [-0.15, -0.1) is 0 Å². The molecule has 138 valence electrons. The van der Waals surface area contributed by atoms with E-state index < -0.39 is 0 Å². The first-order chi connectivity index (χ1) is 11.7. The van der Waals surface area contributed by atoms with Crippen LogP contribution in [0.3, 0.4) is 0 Å². The number of aryl methyl sites for hydroxylation is 2. The molecule has 0 bridgehead atoms. The number of aromatic hydroxyl groups is 1. The fourth-order valence-corrected chi connectivity index (χ4v) is 4.80. The van der Waals surface area contributed by atoms with Crippen molar-refractivity contribution >= 4 is 23.5 Å². The number of benzene rings is 1. The van der Waals surface area contributed by atoms with Crippen LogP contribution >= 0.6 is 23.5 Å². The summed E-state index contributed by atoms with van der Waals surface area (Å²) in [5, 5.41) is 10.6. The van der Waals surface area contributed by atoms with Gasteiger partial charge in [-0.2, -0.15) is 23.5 Å². The van der Waals surface area contributed by atoms with Gasteiger partial charge in [-0.05, 0) is 55.4 Å². The van der Waals surface area contributed by atoms with Crippen LogP contribution in [0.2, 0.25) is 0 Å². The maximum absolute atomic E-state index is 10.6. The quantitative estimate of drug-likeness (QED) is 0.358. The summed E-state index contributed by atoms with van der Waals surface area (Å²) in [5.41, 5.74) is 3.56. The fourth-order valence-electron chi connectivity index (χ4n) is 2.76. The van der Waals surface area contributed by atoms with Crippen LogP contribution in [0.15, 0.2) is 12.1 Å². The Labute approximate surface area is 158 Å². The van der Waals surface area contributed by atoms with Crippen molar-refractivity contribution in [3.8, 4) is 5.75 Å². The zero-order valence-corrected chi connectivity index (χ0v) is 17.5. The van der Waals surface area contributed by atoms with E-state index in [1.807, 2.05) is 23.5 Å². The molecule has 0 amide bonds. The van der Waals surface area contributed by atoms with Gasteiger partial charge in [0.15, 0.2) is 0 Å². The van der Waals surface area contributed by atoms with Crippen molar-refractivity contribution in [2.45, 2.75) is 77.9 Å². The van der Waals surface area contributed by atoms with Crippen molar-refractivity contribution in [1.29, 1.82) is 0 Å². The van der Waals surface area contributed by atoms with E-state index >= 15 is 0 Å². The Morgan fingerprint density at radius 2 is 1.46 bits per heavy atom. The van der Waals surface area contributed by atoms with Crippen molar-refractivity contribution in [2.24, 2.45) is 0 Å². The Kier molecular flexibility index (Phi) is 12.6. The normalized spacial score (nSPS) is 11.1. The number of phenols is 1. The molecule has 0 heterocycles. The van der Waals surface area contributed by atoms with Gasteiger partial charge in [0, 0.05) is 11.3 Å². The maximum Gasteiger partial charge on any atom is 0.122 e. The number of thioether (sulfide) groups is 2. The van der Waals surface area contributed by atoms with E-state index in [4.69, 9.17) is 0 Å². The second kappa shape index (κ2) is 13.9. The van der Waals surface area contributed by atoms with Crippen LogP contribution < -0.4 is 0 Å². The van der Waals surface area contributed by atoms with E-state index in [0.29, 0.717) is 5.75 Å². The first-order valence-electron chi connectivity index (χ1n) is 9.65. The molecule has 3 heteroatoms. The summed E-state index contributed by atoms with van der Waals surface area (Å²) in [4.78, 5) is 0. The fraction of sp³-hybridized carbons (Fsp3) is 0.714. The van der Waals surface area contributed by atoms with Gasteiger partial charge in [-0.3, -0.25) is 0 Å².